The van der Waals surface area contributed by atoms with Crippen molar-refractivity contribution >= 4 is 22.5 Å². The molecule has 6 rings (SSSR count). The van der Waals surface area contributed by atoms with Gasteiger partial charge in [-0.25, -0.2) is 8.78 Å². The summed E-state index contributed by atoms with van der Waals surface area (Å²) in [6.07, 6.45) is 11.0. The van der Waals surface area contributed by atoms with Gasteiger partial charge in [-0.1, -0.05) is 25.8 Å². The minimum absolute atomic E-state index is 0.109. The van der Waals surface area contributed by atoms with Crippen molar-refractivity contribution in [2.75, 3.05) is 18.4 Å². The standard InChI is InChI=1S/C30H32F2N6O/c1-29(8-2-3-9-29)14-23-5-6-24(17-34-23)35-28(39)27-25-13-21(4-7-26(25)36-37-27)22-12-20(15-33-16-22)18-38-11-10-30(31,32)19-38/h4-7,12-13,15-17H,2-3,8-11,14,18-19H2,1H3,(H,35,39)(H,36,37). The molecule has 0 unspecified atom stereocenters. The number of likely N-dealkylation sites (tertiary alicyclic amines) is 1. The molecule has 1 aliphatic carbocycles. The molecule has 0 radical (unpaired) electrons. The number of benzene rings is 1. The summed E-state index contributed by atoms with van der Waals surface area (Å²) in [7, 11) is 0. The third kappa shape index (κ3) is 5.68. The first-order valence-corrected chi connectivity index (χ1v) is 13.5. The molecule has 202 valence electrons. The van der Waals surface area contributed by atoms with E-state index in [2.05, 4.69) is 32.4 Å². The number of pyridine rings is 2. The van der Waals surface area contributed by atoms with Crippen LogP contribution in [0.2, 0.25) is 0 Å². The molecule has 9 heteroatoms. The number of aromatic nitrogens is 4. The SMILES string of the molecule is CC1(Cc2ccc(NC(=O)c3n[nH]c4ccc(-c5cncc(CN6CCC(F)(F)C6)c5)cc34)cn2)CCCC1. The number of halogens is 2. The predicted octanol–water partition coefficient (Wildman–Crippen LogP) is 6.24. The van der Waals surface area contributed by atoms with Gasteiger partial charge in [0.05, 0.1) is 23.9 Å². The van der Waals surface area contributed by atoms with Crippen LogP contribution in [-0.4, -0.2) is 50.0 Å². The second-order valence-electron chi connectivity index (χ2n) is 11.4. The van der Waals surface area contributed by atoms with E-state index in [1.54, 1.807) is 23.5 Å². The molecule has 39 heavy (non-hydrogen) atoms. The lowest BCUT2D eigenvalue weighted by Gasteiger charge is -2.22. The number of anilines is 1. The highest BCUT2D eigenvalue weighted by Crippen LogP contribution is 2.40. The lowest BCUT2D eigenvalue weighted by Crippen LogP contribution is -2.24. The van der Waals surface area contributed by atoms with E-state index in [1.807, 2.05) is 36.4 Å². The van der Waals surface area contributed by atoms with Gasteiger partial charge in [0.2, 0.25) is 0 Å². The minimum atomic E-state index is -2.62. The zero-order valence-electron chi connectivity index (χ0n) is 22.0. The first-order valence-electron chi connectivity index (χ1n) is 13.5. The summed E-state index contributed by atoms with van der Waals surface area (Å²) in [5.41, 5.74) is 5.60. The summed E-state index contributed by atoms with van der Waals surface area (Å²) in [4.78, 5) is 23.8. The van der Waals surface area contributed by atoms with Gasteiger partial charge in [-0.15, -0.1) is 0 Å². The fourth-order valence-corrected chi connectivity index (χ4v) is 5.93. The molecule has 1 aliphatic heterocycles. The van der Waals surface area contributed by atoms with E-state index < -0.39 is 5.92 Å². The molecule has 2 aliphatic rings. The van der Waals surface area contributed by atoms with E-state index in [1.165, 1.54) is 25.7 Å². The maximum absolute atomic E-state index is 13.6. The fraction of sp³-hybridized carbons (Fsp3) is 0.400. The number of nitrogens with one attached hydrogen (secondary N) is 2. The van der Waals surface area contributed by atoms with E-state index in [4.69, 9.17) is 0 Å². The van der Waals surface area contributed by atoms with E-state index in [9.17, 15) is 13.6 Å². The maximum Gasteiger partial charge on any atom is 0.276 e. The normalized spacial score (nSPS) is 18.5. The van der Waals surface area contributed by atoms with Gasteiger partial charge in [0, 0.05) is 48.5 Å². The lowest BCUT2D eigenvalue weighted by molar-refractivity contribution is 0.0115. The summed E-state index contributed by atoms with van der Waals surface area (Å²) in [5, 5.41) is 10.8. The summed E-state index contributed by atoms with van der Waals surface area (Å²) >= 11 is 0. The smallest absolute Gasteiger partial charge is 0.276 e. The van der Waals surface area contributed by atoms with Crippen molar-refractivity contribution in [2.24, 2.45) is 5.41 Å². The zero-order valence-corrected chi connectivity index (χ0v) is 22.0. The first-order chi connectivity index (χ1) is 18.8. The second-order valence-corrected chi connectivity index (χ2v) is 11.4. The van der Waals surface area contributed by atoms with Gasteiger partial charge in [-0.2, -0.15) is 5.10 Å². The van der Waals surface area contributed by atoms with Gasteiger partial charge in [-0.05, 0) is 66.1 Å². The predicted molar refractivity (Wildman–Crippen MR) is 147 cm³/mol. The Morgan fingerprint density at radius 1 is 1.05 bits per heavy atom. The van der Waals surface area contributed by atoms with Crippen LogP contribution in [-0.2, 0) is 13.0 Å². The van der Waals surface area contributed by atoms with E-state index in [-0.39, 0.29) is 24.6 Å². The van der Waals surface area contributed by atoms with Crippen LogP contribution in [0.15, 0.2) is 55.0 Å². The largest absolute Gasteiger partial charge is 0.319 e. The number of H-pyrrole nitrogens is 1. The molecule has 1 amide bonds. The number of alkyl halides is 2. The van der Waals surface area contributed by atoms with Crippen LogP contribution in [0.1, 0.15) is 60.8 Å². The average molecular weight is 531 g/mol. The Bertz CT molecular complexity index is 1490. The highest BCUT2D eigenvalue weighted by molar-refractivity contribution is 6.11. The number of aromatic amines is 1. The number of nitrogens with zero attached hydrogens (tertiary/aromatic N) is 4. The molecule has 7 nitrogen and oxygen atoms in total. The van der Waals surface area contributed by atoms with Gasteiger partial charge < -0.3 is 5.32 Å². The highest BCUT2D eigenvalue weighted by Gasteiger charge is 2.38. The van der Waals surface area contributed by atoms with Crippen LogP contribution < -0.4 is 5.32 Å². The van der Waals surface area contributed by atoms with E-state index in [0.29, 0.717) is 29.6 Å². The number of rotatable bonds is 7. The molecule has 4 heterocycles. The van der Waals surface area contributed by atoms with Crippen LogP contribution >= 0.6 is 0 Å². The van der Waals surface area contributed by atoms with Crippen molar-refractivity contribution in [2.45, 2.75) is 57.9 Å². The van der Waals surface area contributed by atoms with Gasteiger partial charge in [0.25, 0.3) is 11.8 Å². The van der Waals surface area contributed by atoms with E-state index in [0.717, 1.165) is 34.3 Å². The molecule has 3 aromatic heterocycles. The molecule has 0 atom stereocenters. The van der Waals surface area contributed by atoms with Crippen molar-refractivity contribution in [1.29, 1.82) is 0 Å². The van der Waals surface area contributed by atoms with Crippen molar-refractivity contribution in [3.63, 3.8) is 0 Å². The van der Waals surface area contributed by atoms with Crippen LogP contribution in [0.4, 0.5) is 14.5 Å². The Morgan fingerprint density at radius 2 is 1.90 bits per heavy atom. The highest BCUT2D eigenvalue weighted by atomic mass is 19.3. The third-order valence-corrected chi connectivity index (χ3v) is 8.06. The molecular weight excluding hydrogens is 498 g/mol. The Morgan fingerprint density at radius 3 is 2.64 bits per heavy atom. The van der Waals surface area contributed by atoms with Crippen LogP contribution in [0.5, 0.6) is 0 Å². The number of carbonyl (C=O) groups is 1. The molecule has 2 N–H and O–H groups in total. The Labute approximate surface area is 226 Å². The number of fused-ring (bicyclic) bond motifs is 1. The topological polar surface area (TPSA) is 86.8 Å². The summed E-state index contributed by atoms with van der Waals surface area (Å²) in [6, 6.07) is 11.6. The minimum Gasteiger partial charge on any atom is -0.319 e. The van der Waals surface area contributed by atoms with Crippen molar-refractivity contribution < 1.29 is 13.6 Å². The van der Waals surface area contributed by atoms with Gasteiger partial charge in [0.1, 0.15) is 0 Å². The maximum atomic E-state index is 13.6. The lowest BCUT2D eigenvalue weighted by atomic mass is 9.84. The molecule has 4 aromatic rings. The van der Waals surface area contributed by atoms with Crippen LogP contribution in [0.3, 0.4) is 0 Å². The molecule has 0 bridgehead atoms. The Hall–Kier alpha value is -3.72. The first kappa shape index (κ1) is 25.6. The number of amides is 1. The summed E-state index contributed by atoms with van der Waals surface area (Å²) in [6.45, 7) is 2.89. The molecule has 1 aromatic carbocycles. The molecule has 0 spiro atoms. The zero-order chi connectivity index (χ0) is 27.0. The van der Waals surface area contributed by atoms with Gasteiger partial charge in [-0.3, -0.25) is 24.8 Å². The number of hydrogen-bond donors (Lipinski definition) is 2. The van der Waals surface area contributed by atoms with E-state index >= 15 is 0 Å². The molecule has 1 saturated heterocycles. The Kier molecular flexibility index (Phi) is 6.62. The van der Waals surface area contributed by atoms with Crippen molar-refractivity contribution in [3.05, 3.63) is 71.9 Å². The molecule has 1 saturated carbocycles. The third-order valence-electron chi connectivity index (χ3n) is 8.06. The Balaban J connectivity index is 1.17. The summed E-state index contributed by atoms with van der Waals surface area (Å²) < 4.78 is 27.2. The number of carbonyl (C=O) groups excluding carboxylic acids is 1. The molecular formula is C30H32F2N6O. The molecule has 2 fully saturated rings. The van der Waals surface area contributed by atoms with Gasteiger partial charge in [0.15, 0.2) is 5.69 Å². The van der Waals surface area contributed by atoms with Crippen LogP contribution in [0, 0.1) is 5.41 Å². The van der Waals surface area contributed by atoms with Crippen LogP contribution in [0.25, 0.3) is 22.0 Å². The van der Waals surface area contributed by atoms with Crippen molar-refractivity contribution in [1.82, 2.24) is 25.1 Å². The second kappa shape index (κ2) is 10.1. The average Bonchev–Trinajstić information content (AvgIpc) is 3.63. The fourth-order valence-electron chi connectivity index (χ4n) is 5.93. The summed E-state index contributed by atoms with van der Waals surface area (Å²) in [5.74, 6) is -2.95. The quantitative estimate of drug-likeness (QED) is 0.296. The van der Waals surface area contributed by atoms with Gasteiger partial charge >= 0.3 is 0 Å². The monoisotopic (exact) mass is 530 g/mol. The number of hydrogen-bond acceptors (Lipinski definition) is 5. The van der Waals surface area contributed by atoms with Crippen molar-refractivity contribution in [3.8, 4) is 11.1 Å².